The Morgan fingerprint density at radius 2 is 0.721 bits per heavy atom. The molecule has 6 nitrogen and oxygen atoms in total. The molecule has 0 heterocycles. The van der Waals surface area contributed by atoms with Gasteiger partial charge in [0, 0.05) is 19.3 Å². The predicted molar refractivity (Wildman–Crippen MR) is 260 cm³/mol. The van der Waals surface area contributed by atoms with Gasteiger partial charge in [-0.2, -0.15) is 0 Å². The SMILES string of the molecule is CC/C=C\C/C=C\C/C=C\C/C=C\CCCCCC(=O)OC(COC(=O)CCC/C=C\CCCCCC)COC(=O)CCCCCCC\C=C/C=C\C=C/C=C\CCCCC. The van der Waals surface area contributed by atoms with Crippen molar-refractivity contribution in [2.24, 2.45) is 0 Å². The lowest BCUT2D eigenvalue weighted by molar-refractivity contribution is -0.167. The molecule has 0 aliphatic heterocycles. The molecule has 0 aliphatic rings. The molecule has 0 saturated heterocycles. The molecular weight excluding hydrogens is 757 g/mol. The van der Waals surface area contributed by atoms with Gasteiger partial charge >= 0.3 is 17.9 Å². The molecule has 344 valence electrons. The number of carbonyl (C=O) groups is 3. The Bertz CT molecular complexity index is 1290. The Labute approximate surface area is 374 Å². The zero-order valence-electron chi connectivity index (χ0n) is 39.1. The van der Waals surface area contributed by atoms with Crippen molar-refractivity contribution in [2.45, 2.75) is 207 Å². The second-order valence-electron chi connectivity index (χ2n) is 15.7. The molecule has 1 atom stereocenters. The van der Waals surface area contributed by atoms with Crippen molar-refractivity contribution < 1.29 is 28.6 Å². The highest BCUT2D eigenvalue weighted by molar-refractivity contribution is 5.71. The van der Waals surface area contributed by atoms with E-state index in [4.69, 9.17) is 14.2 Å². The third-order valence-corrected chi connectivity index (χ3v) is 9.83. The van der Waals surface area contributed by atoms with Crippen LogP contribution in [0.2, 0.25) is 0 Å². The third kappa shape index (κ3) is 47.0. The minimum Gasteiger partial charge on any atom is -0.462 e. The molecule has 0 N–H and O–H groups in total. The van der Waals surface area contributed by atoms with Crippen molar-refractivity contribution in [3.05, 3.63) is 109 Å². The predicted octanol–water partition coefficient (Wildman–Crippen LogP) is 16.0. The van der Waals surface area contributed by atoms with Gasteiger partial charge in [0.25, 0.3) is 0 Å². The minimum atomic E-state index is -0.816. The molecule has 0 radical (unpaired) electrons. The zero-order valence-corrected chi connectivity index (χ0v) is 39.1. The molecule has 0 amide bonds. The van der Waals surface area contributed by atoms with Crippen LogP contribution < -0.4 is 0 Å². The van der Waals surface area contributed by atoms with Crippen molar-refractivity contribution in [1.82, 2.24) is 0 Å². The topological polar surface area (TPSA) is 78.9 Å². The Morgan fingerprint density at radius 3 is 1.28 bits per heavy atom. The van der Waals surface area contributed by atoms with Crippen LogP contribution in [0.3, 0.4) is 0 Å². The summed E-state index contributed by atoms with van der Waals surface area (Å²) in [5.74, 6) is -1.01. The summed E-state index contributed by atoms with van der Waals surface area (Å²) >= 11 is 0. The van der Waals surface area contributed by atoms with E-state index in [-0.39, 0.29) is 37.5 Å². The summed E-state index contributed by atoms with van der Waals surface area (Å²) in [6, 6.07) is 0. The lowest BCUT2D eigenvalue weighted by Crippen LogP contribution is -2.30. The van der Waals surface area contributed by atoms with Gasteiger partial charge in [0.05, 0.1) is 0 Å². The fourth-order valence-corrected chi connectivity index (χ4v) is 6.15. The molecule has 0 rings (SSSR count). The molecule has 1 unspecified atom stereocenters. The molecule has 0 saturated carbocycles. The highest BCUT2D eigenvalue weighted by atomic mass is 16.6. The lowest BCUT2D eigenvalue weighted by atomic mass is 10.1. The average molecular weight is 845 g/mol. The normalized spacial score (nSPS) is 13.0. The number of ether oxygens (including phenoxy) is 3. The van der Waals surface area contributed by atoms with Crippen LogP contribution in [0, 0.1) is 0 Å². The monoisotopic (exact) mass is 845 g/mol. The lowest BCUT2D eigenvalue weighted by Gasteiger charge is -2.18. The van der Waals surface area contributed by atoms with E-state index in [9.17, 15) is 14.4 Å². The standard InChI is InChI=1S/C55H88O6/c1-4-7-10-13-16-19-21-23-25-27-28-30-31-33-36-39-42-45-48-54(57)60-51-52(50-59-53(56)47-44-41-38-35-18-15-12-9-6-3)61-55(58)49-46-43-40-37-34-32-29-26-24-22-20-17-14-11-8-5-2/h8,11,16-17,19-21,23-28,30,32,34-35,38,52H,4-7,9-10,12-15,18,22,29,31,33,36-37,39-51H2,1-3H3/b11-8-,19-16-,20-17-,23-21-,26-24-,27-25-,30-28-,34-32-,38-35-. The van der Waals surface area contributed by atoms with Crippen molar-refractivity contribution in [3.8, 4) is 0 Å². The van der Waals surface area contributed by atoms with Crippen LogP contribution in [0.1, 0.15) is 201 Å². The van der Waals surface area contributed by atoms with Crippen molar-refractivity contribution in [1.29, 1.82) is 0 Å². The summed E-state index contributed by atoms with van der Waals surface area (Å²) in [4.78, 5) is 37.8. The largest absolute Gasteiger partial charge is 0.462 e. The van der Waals surface area contributed by atoms with E-state index in [1.54, 1.807) is 0 Å². The van der Waals surface area contributed by atoms with E-state index in [1.807, 2.05) is 0 Å². The summed E-state index contributed by atoms with van der Waals surface area (Å²) in [7, 11) is 0. The van der Waals surface area contributed by atoms with Crippen LogP contribution in [0.4, 0.5) is 0 Å². The Morgan fingerprint density at radius 1 is 0.361 bits per heavy atom. The van der Waals surface area contributed by atoms with Crippen LogP contribution in [0.25, 0.3) is 0 Å². The molecule has 0 spiro atoms. The number of unbranched alkanes of at least 4 members (excludes halogenated alkanes) is 16. The van der Waals surface area contributed by atoms with Crippen LogP contribution in [0.15, 0.2) is 109 Å². The summed E-state index contributed by atoms with van der Waals surface area (Å²) in [5, 5.41) is 0. The number of allylic oxidation sites excluding steroid dienone is 18. The van der Waals surface area contributed by atoms with Crippen LogP contribution >= 0.6 is 0 Å². The Hall–Kier alpha value is -3.93. The molecule has 0 aromatic heterocycles. The summed E-state index contributed by atoms with van der Waals surface area (Å²) in [6.07, 6.45) is 65.0. The van der Waals surface area contributed by atoms with E-state index in [1.165, 1.54) is 44.9 Å². The first-order valence-electron chi connectivity index (χ1n) is 24.4. The molecule has 61 heavy (non-hydrogen) atoms. The number of hydrogen-bond acceptors (Lipinski definition) is 6. The van der Waals surface area contributed by atoms with Gasteiger partial charge in [-0.3, -0.25) is 14.4 Å². The summed E-state index contributed by atoms with van der Waals surface area (Å²) < 4.78 is 16.7. The van der Waals surface area contributed by atoms with Gasteiger partial charge in [-0.05, 0) is 103 Å². The van der Waals surface area contributed by atoms with Crippen LogP contribution in [0.5, 0.6) is 0 Å². The second kappa shape index (κ2) is 48.7. The molecule has 0 aromatic carbocycles. The van der Waals surface area contributed by atoms with Gasteiger partial charge in [0.1, 0.15) is 13.2 Å². The summed E-state index contributed by atoms with van der Waals surface area (Å²) in [5.41, 5.74) is 0. The highest BCUT2D eigenvalue weighted by Gasteiger charge is 2.19. The quantitative estimate of drug-likeness (QED) is 0.0200. The van der Waals surface area contributed by atoms with Gasteiger partial charge in [-0.15, -0.1) is 0 Å². The molecule has 0 fully saturated rings. The first kappa shape index (κ1) is 57.1. The molecule has 0 aliphatic carbocycles. The highest BCUT2D eigenvalue weighted by Crippen LogP contribution is 2.11. The van der Waals surface area contributed by atoms with E-state index in [0.717, 1.165) is 103 Å². The van der Waals surface area contributed by atoms with Crippen molar-refractivity contribution in [3.63, 3.8) is 0 Å². The zero-order chi connectivity index (χ0) is 44.4. The van der Waals surface area contributed by atoms with Crippen LogP contribution in [-0.2, 0) is 28.6 Å². The molecular formula is C55H88O6. The molecule has 6 heteroatoms. The number of hydrogen-bond donors (Lipinski definition) is 0. The Balaban J connectivity index is 4.49. The smallest absolute Gasteiger partial charge is 0.306 e. The molecule has 0 bridgehead atoms. The third-order valence-electron chi connectivity index (χ3n) is 9.83. The molecule has 0 aromatic rings. The number of rotatable bonds is 42. The number of esters is 3. The van der Waals surface area contributed by atoms with Crippen molar-refractivity contribution in [2.75, 3.05) is 13.2 Å². The average Bonchev–Trinajstić information content (AvgIpc) is 3.26. The van der Waals surface area contributed by atoms with Gasteiger partial charge in [0.2, 0.25) is 0 Å². The summed E-state index contributed by atoms with van der Waals surface area (Å²) in [6.45, 7) is 6.35. The van der Waals surface area contributed by atoms with E-state index in [0.29, 0.717) is 25.7 Å². The fraction of sp³-hybridized carbons (Fsp3) is 0.618. The van der Waals surface area contributed by atoms with Gasteiger partial charge in [-0.25, -0.2) is 0 Å². The maximum absolute atomic E-state index is 12.7. The first-order chi connectivity index (χ1) is 30.0. The van der Waals surface area contributed by atoms with E-state index in [2.05, 4.69) is 130 Å². The van der Waals surface area contributed by atoms with Gasteiger partial charge in [-0.1, -0.05) is 188 Å². The fourth-order valence-electron chi connectivity index (χ4n) is 6.15. The maximum atomic E-state index is 12.7. The first-order valence-corrected chi connectivity index (χ1v) is 24.4. The van der Waals surface area contributed by atoms with E-state index >= 15 is 0 Å². The van der Waals surface area contributed by atoms with Gasteiger partial charge in [0.15, 0.2) is 6.10 Å². The second-order valence-corrected chi connectivity index (χ2v) is 15.7. The van der Waals surface area contributed by atoms with Crippen LogP contribution in [-0.4, -0.2) is 37.2 Å². The van der Waals surface area contributed by atoms with Gasteiger partial charge < -0.3 is 14.2 Å². The van der Waals surface area contributed by atoms with Crippen molar-refractivity contribution >= 4 is 17.9 Å². The van der Waals surface area contributed by atoms with E-state index < -0.39 is 6.10 Å². The maximum Gasteiger partial charge on any atom is 0.306 e. The number of carbonyl (C=O) groups excluding carboxylic acids is 3. The minimum absolute atomic E-state index is 0.114. The Kier molecular flexibility index (Phi) is 45.6.